The van der Waals surface area contributed by atoms with E-state index in [1.165, 1.54) is 0 Å². The fourth-order valence-electron chi connectivity index (χ4n) is 3.63. The molecule has 0 aliphatic carbocycles. The van der Waals surface area contributed by atoms with E-state index in [4.69, 9.17) is 9.47 Å². The summed E-state index contributed by atoms with van der Waals surface area (Å²) in [4.78, 5) is 14.9. The maximum absolute atomic E-state index is 13.0. The summed E-state index contributed by atoms with van der Waals surface area (Å²) in [5, 5.41) is 8.51. The SMILES string of the molecule is Cn1c(CC(=O)N2CCOCC23CCOC3)nnc1-c1ccccc1. The number of morpholine rings is 1. The van der Waals surface area contributed by atoms with Gasteiger partial charge in [0, 0.05) is 25.8 Å². The second kappa shape index (κ2) is 6.57. The molecule has 2 aromatic rings. The first kappa shape index (κ1) is 16.2. The largest absolute Gasteiger partial charge is 0.379 e. The highest BCUT2D eigenvalue weighted by Crippen LogP contribution is 2.30. The number of hydrogen-bond donors (Lipinski definition) is 0. The van der Waals surface area contributed by atoms with Crippen molar-refractivity contribution in [3.05, 3.63) is 36.2 Å². The van der Waals surface area contributed by atoms with Gasteiger partial charge in [0.05, 0.1) is 31.8 Å². The van der Waals surface area contributed by atoms with Crippen molar-refractivity contribution in [2.45, 2.75) is 18.4 Å². The van der Waals surface area contributed by atoms with E-state index in [0.29, 0.717) is 38.8 Å². The van der Waals surface area contributed by atoms with Crippen LogP contribution in [0, 0.1) is 0 Å². The second-order valence-corrected chi connectivity index (χ2v) is 6.67. The van der Waals surface area contributed by atoms with Crippen LogP contribution in [0.5, 0.6) is 0 Å². The zero-order valence-corrected chi connectivity index (χ0v) is 14.4. The molecule has 7 nitrogen and oxygen atoms in total. The van der Waals surface area contributed by atoms with Crippen LogP contribution in [0.2, 0.25) is 0 Å². The summed E-state index contributed by atoms with van der Waals surface area (Å²) in [5.74, 6) is 1.50. The molecule has 2 saturated heterocycles. The molecule has 1 amide bonds. The molecule has 7 heteroatoms. The number of carbonyl (C=O) groups excluding carboxylic acids is 1. The molecule has 1 aromatic carbocycles. The average Bonchev–Trinajstić information content (AvgIpc) is 3.24. The number of ether oxygens (including phenoxy) is 2. The molecule has 25 heavy (non-hydrogen) atoms. The molecule has 2 aliphatic rings. The van der Waals surface area contributed by atoms with Gasteiger partial charge in [-0.15, -0.1) is 10.2 Å². The quantitative estimate of drug-likeness (QED) is 0.834. The van der Waals surface area contributed by atoms with E-state index >= 15 is 0 Å². The van der Waals surface area contributed by atoms with Gasteiger partial charge in [0.1, 0.15) is 5.82 Å². The molecule has 4 rings (SSSR count). The first-order valence-electron chi connectivity index (χ1n) is 8.59. The van der Waals surface area contributed by atoms with Crippen LogP contribution in [0.15, 0.2) is 30.3 Å². The highest BCUT2D eigenvalue weighted by atomic mass is 16.5. The standard InChI is InChI=1S/C18H22N4O3/c1-21-15(19-20-17(21)14-5-3-2-4-6-14)11-16(23)22-8-10-25-13-18(22)7-9-24-12-18/h2-6H,7-13H2,1H3. The molecule has 2 fully saturated rings. The Morgan fingerprint density at radius 3 is 2.68 bits per heavy atom. The van der Waals surface area contributed by atoms with Crippen LogP contribution < -0.4 is 0 Å². The van der Waals surface area contributed by atoms with Crippen LogP contribution in [0.3, 0.4) is 0 Å². The Hall–Kier alpha value is -2.25. The molecular weight excluding hydrogens is 320 g/mol. The summed E-state index contributed by atoms with van der Waals surface area (Å²) in [7, 11) is 1.90. The molecule has 3 heterocycles. The zero-order valence-electron chi connectivity index (χ0n) is 14.4. The van der Waals surface area contributed by atoms with Crippen molar-refractivity contribution >= 4 is 5.91 Å². The normalized spacial score (nSPS) is 23.3. The van der Waals surface area contributed by atoms with E-state index in [0.717, 1.165) is 17.8 Å². The van der Waals surface area contributed by atoms with Crippen LogP contribution in [0.25, 0.3) is 11.4 Å². The number of carbonyl (C=O) groups is 1. The van der Waals surface area contributed by atoms with Gasteiger partial charge in [-0.05, 0) is 6.42 Å². The van der Waals surface area contributed by atoms with E-state index in [-0.39, 0.29) is 17.9 Å². The highest BCUT2D eigenvalue weighted by molar-refractivity contribution is 5.79. The van der Waals surface area contributed by atoms with Gasteiger partial charge in [0.15, 0.2) is 5.82 Å². The summed E-state index contributed by atoms with van der Waals surface area (Å²) >= 11 is 0. The van der Waals surface area contributed by atoms with Gasteiger partial charge in [-0.2, -0.15) is 0 Å². The van der Waals surface area contributed by atoms with E-state index in [2.05, 4.69) is 10.2 Å². The number of benzene rings is 1. The fourth-order valence-corrected chi connectivity index (χ4v) is 3.63. The third-order valence-electron chi connectivity index (χ3n) is 5.09. The third kappa shape index (κ3) is 2.94. The van der Waals surface area contributed by atoms with Crippen molar-refractivity contribution < 1.29 is 14.3 Å². The Morgan fingerprint density at radius 2 is 1.92 bits per heavy atom. The molecule has 2 aliphatic heterocycles. The van der Waals surface area contributed by atoms with E-state index in [1.807, 2.05) is 46.8 Å². The summed E-state index contributed by atoms with van der Waals surface area (Å²) in [5.41, 5.74) is 0.680. The smallest absolute Gasteiger partial charge is 0.230 e. The predicted molar refractivity (Wildman–Crippen MR) is 90.8 cm³/mol. The lowest BCUT2D eigenvalue weighted by Crippen LogP contribution is -2.60. The van der Waals surface area contributed by atoms with Crippen molar-refractivity contribution in [3.63, 3.8) is 0 Å². The van der Waals surface area contributed by atoms with Crippen LogP contribution in [-0.2, 0) is 27.7 Å². The minimum atomic E-state index is -0.309. The van der Waals surface area contributed by atoms with Gasteiger partial charge in [0.2, 0.25) is 5.91 Å². The number of nitrogens with zero attached hydrogens (tertiary/aromatic N) is 4. The molecular formula is C18H22N4O3. The molecule has 0 N–H and O–H groups in total. The summed E-state index contributed by atoms with van der Waals surface area (Å²) < 4.78 is 13.1. The fraction of sp³-hybridized carbons (Fsp3) is 0.500. The molecule has 132 valence electrons. The predicted octanol–water partition coefficient (Wildman–Crippen LogP) is 1.04. The molecule has 1 unspecified atom stereocenters. The van der Waals surface area contributed by atoms with Gasteiger partial charge < -0.3 is 18.9 Å². The van der Waals surface area contributed by atoms with E-state index in [9.17, 15) is 4.79 Å². The van der Waals surface area contributed by atoms with Crippen molar-refractivity contribution in [1.82, 2.24) is 19.7 Å². The molecule has 0 radical (unpaired) electrons. The number of amides is 1. The molecule has 1 aromatic heterocycles. The molecule has 0 saturated carbocycles. The first-order chi connectivity index (χ1) is 12.2. The maximum Gasteiger partial charge on any atom is 0.230 e. The van der Waals surface area contributed by atoms with Crippen LogP contribution in [0.1, 0.15) is 12.2 Å². The van der Waals surface area contributed by atoms with Crippen molar-refractivity contribution in [3.8, 4) is 11.4 Å². The van der Waals surface area contributed by atoms with Crippen molar-refractivity contribution in [2.24, 2.45) is 7.05 Å². The van der Waals surface area contributed by atoms with E-state index < -0.39 is 0 Å². The van der Waals surface area contributed by atoms with Gasteiger partial charge in [0.25, 0.3) is 0 Å². The van der Waals surface area contributed by atoms with Gasteiger partial charge >= 0.3 is 0 Å². The monoisotopic (exact) mass is 342 g/mol. The van der Waals surface area contributed by atoms with E-state index in [1.54, 1.807) is 0 Å². The van der Waals surface area contributed by atoms with Gasteiger partial charge in [-0.25, -0.2) is 0 Å². The first-order valence-corrected chi connectivity index (χ1v) is 8.59. The Balaban J connectivity index is 1.54. The number of aromatic nitrogens is 3. The van der Waals surface area contributed by atoms with Crippen LogP contribution in [-0.4, -0.2) is 64.1 Å². The van der Waals surface area contributed by atoms with Crippen molar-refractivity contribution in [2.75, 3.05) is 33.0 Å². The molecule has 1 atom stereocenters. The second-order valence-electron chi connectivity index (χ2n) is 6.67. The number of rotatable bonds is 3. The zero-order chi connectivity index (χ0) is 17.3. The van der Waals surface area contributed by atoms with Crippen LogP contribution in [0.4, 0.5) is 0 Å². The lowest BCUT2D eigenvalue weighted by molar-refractivity contribution is -0.148. The highest BCUT2D eigenvalue weighted by Gasteiger charge is 2.45. The summed E-state index contributed by atoms with van der Waals surface area (Å²) in [6.45, 7) is 2.95. The Labute approximate surface area is 146 Å². The lowest BCUT2D eigenvalue weighted by atomic mass is 9.95. The maximum atomic E-state index is 13.0. The van der Waals surface area contributed by atoms with Gasteiger partial charge in [-0.3, -0.25) is 4.79 Å². The summed E-state index contributed by atoms with van der Waals surface area (Å²) in [6.07, 6.45) is 1.06. The minimum absolute atomic E-state index is 0.0592. The molecule has 1 spiro atoms. The average molecular weight is 342 g/mol. The Morgan fingerprint density at radius 1 is 1.16 bits per heavy atom. The molecule has 0 bridgehead atoms. The lowest BCUT2D eigenvalue weighted by Gasteiger charge is -2.43. The minimum Gasteiger partial charge on any atom is -0.379 e. The Bertz CT molecular complexity index is 753. The summed E-state index contributed by atoms with van der Waals surface area (Å²) in [6, 6.07) is 9.87. The third-order valence-corrected chi connectivity index (χ3v) is 5.09. The van der Waals surface area contributed by atoms with Crippen molar-refractivity contribution in [1.29, 1.82) is 0 Å². The number of hydrogen-bond acceptors (Lipinski definition) is 5. The van der Waals surface area contributed by atoms with Crippen LogP contribution >= 0.6 is 0 Å². The Kier molecular flexibility index (Phi) is 4.27. The van der Waals surface area contributed by atoms with Gasteiger partial charge in [-0.1, -0.05) is 30.3 Å². The topological polar surface area (TPSA) is 69.5 Å².